The summed E-state index contributed by atoms with van der Waals surface area (Å²) >= 11 is 5.94. The van der Waals surface area contributed by atoms with E-state index in [2.05, 4.69) is 4.90 Å². The van der Waals surface area contributed by atoms with Gasteiger partial charge in [0.25, 0.3) is 5.91 Å². The number of carbonyl (C=O) groups excluding carboxylic acids is 1. The number of piperidine rings is 1. The lowest BCUT2D eigenvalue weighted by Crippen LogP contribution is -2.38. The van der Waals surface area contributed by atoms with E-state index in [1.165, 1.54) is 0 Å². The summed E-state index contributed by atoms with van der Waals surface area (Å²) in [7, 11) is 0. The fraction of sp³-hybridized carbons (Fsp3) is 0.533. The number of ether oxygens (including phenoxy) is 1. The third kappa shape index (κ3) is 4.33. The number of carbonyl (C=O) groups is 1. The number of nitrogens with two attached hydrogens (primary N) is 2. The van der Waals surface area contributed by atoms with Gasteiger partial charge < -0.3 is 21.1 Å². The number of hydrogen-bond acceptors (Lipinski definition) is 4. The fourth-order valence-electron chi connectivity index (χ4n) is 2.58. The van der Waals surface area contributed by atoms with E-state index in [9.17, 15) is 4.79 Å². The first kappa shape index (κ1) is 16.1. The molecule has 4 N–H and O–H groups in total. The lowest BCUT2D eigenvalue weighted by molar-refractivity contribution is 0.0366. The van der Waals surface area contributed by atoms with Crippen molar-refractivity contribution in [2.75, 3.05) is 31.1 Å². The summed E-state index contributed by atoms with van der Waals surface area (Å²) in [6, 6.07) is 5.27. The second kappa shape index (κ2) is 7.64. The number of benzene rings is 1. The Morgan fingerprint density at radius 1 is 1.38 bits per heavy atom. The van der Waals surface area contributed by atoms with Gasteiger partial charge in [0.05, 0.1) is 11.7 Å². The van der Waals surface area contributed by atoms with Gasteiger partial charge in [0.1, 0.15) is 0 Å². The van der Waals surface area contributed by atoms with Crippen LogP contribution in [-0.2, 0) is 4.74 Å². The Balaban J connectivity index is 1.97. The molecule has 0 radical (unpaired) electrons. The summed E-state index contributed by atoms with van der Waals surface area (Å²) in [5.41, 5.74) is 12.2. The van der Waals surface area contributed by atoms with E-state index in [4.69, 9.17) is 27.8 Å². The molecule has 5 nitrogen and oxygen atoms in total. The van der Waals surface area contributed by atoms with Crippen LogP contribution >= 0.6 is 11.6 Å². The van der Waals surface area contributed by atoms with Crippen LogP contribution in [0.25, 0.3) is 0 Å². The topological polar surface area (TPSA) is 81.6 Å². The van der Waals surface area contributed by atoms with Crippen molar-refractivity contribution in [2.45, 2.75) is 25.4 Å². The van der Waals surface area contributed by atoms with E-state index in [0.717, 1.165) is 38.0 Å². The van der Waals surface area contributed by atoms with Gasteiger partial charge in [-0.3, -0.25) is 4.79 Å². The molecule has 6 heteroatoms. The molecule has 0 saturated carbocycles. The minimum atomic E-state index is -0.450. The molecule has 2 rings (SSSR count). The molecular formula is C15H22ClN3O2. The Morgan fingerprint density at radius 2 is 2.10 bits per heavy atom. The molecule has 1 aliphatic rings. The Bertz CT molecular complexity index is 488. The summed E-state index contributed by atoms with van der Waals surface area (Å²) in [6.45, 7) is 3.06. The third-order valence-corrected chi connectivity index (χ3v) is 3.94. The Kier molecular flexibility index (Phi) is 5.85. The van der Waals surface area contributed by atoms with Crippen molar-refractivity contribution in [3.63, 3.8) is 0 Å². The van der Waals surface area contributed by atoms with Gasteiger partial charge in [-0.1, -0.05) is 11.6 Å². The van der Waals surface area contributed by atoms with E-state index in [0.29, 0.717) is 23.7 Å². The van der Waals surface area contributed by atoms with E-state index in [-0.39, 0.29) is 6.10 Å². The maximum Gasteiger partial charge on any atom is 0.250 e. The predicted molar refractivity (Wildman–Crippen MR) is 84.8 cm³/mol. The third-order valence-electron chi connectivity index (χ3n) is 3.71. The molecule has 0 atom stereocenters. The van der Waals surface area contributed by atoms with Crippen molar-refractivity contribution < 1.29 is 9.53 Å². The molecule has 1 aliphatic heterocycles. The molecule has 1 amide bonds. The van der Waals surface area contributed by atoms with Crippen LogP contribution in [0.5, 0.6) is 0 Å². The standard InChI is InChI=1S/C15H22ClN3O2/c16-11-2-3-14(13(10-11)15(18)20)19-7-4-12(5-8-19)21-9-1-6-17/h2-3,10,12H,1,4-9,17H2,(H2,18,20). The minimum absolute atomic E-state index is 0.275. The molecule has 116 valence electrons. The second-order valence-corrected chi connectivity index (χ2v) is 5.66. The monoisotopic (exact) mass is 311 g/mol. The van der Waals surface area contributed by atoms with E-state index in [1.54, 1.807) is 12.1 Å². The van der Waals surface area contributed by atoms with Crippen molar-refractivity contribution in [2.24, 2.45) is 11.5 Å². The maximum atomic E-state index is 11.6. The second-order valence-electron chi connectivity index (χ2n) is 5.23. The highest BCUT2D eigenvalue weighted by Crippen LogP contribution is 2.27. The molecule has 0 unspecified atom stereocenters. The highest BCUT2D eigenvalue weighted by Gasteiger charge is 2.22. The highest BCUT2D eigenvalue weighted by atomic mass is 35.5. The van der Waals surface area contributed by atoms with Gasteiger partial charge in [0.2, 0.25) is 0 Å². The fourth-order valence-corrected chi connectivity index (χ4v) is 2.75. The van der Waals surface area contributed by atoms with E-state index in [1.807, 2.05) is 6.07 Å². The summed E-state index contributed by atoms with van der Waals surface area (Å²) in [5.74, 6) is -0.450. The van der Waals surface area contributed by atoms with Gasteiger partial charge >= 0.3 is 0 Å². The quantitative estimate of drug-likeness (QED) is 0.785. The van der Waals surface area contributed by atoms with Crippen LogP contribution in [0.2, 0.25) is 5.02 Å². The summed E-state index contributed by atoms with van der Waals surface area (Å²) < 4.78 is 5.78. The number of anilines is 1. The summed E-state index contributed by atoms with van der Waals surface area (Å²) in [5, 5.41) is 0.521. The average molecular weight is 312 g/mol. The molecule has 0 aliphatic carbocycles. The Labute approximate surface area is 130 Å². The molecule has 1 saturated heterocycles. The van der Waals surface area contributed by atoms with Gasteiger partial charge in [-0.25, -0.2) is 0 Å². The van der Waals surface area contributed by atoms with Crippen LogP contribution in [0.3, 0.4) is 0 Å². The number of rotatable bonds is 6. The van der Waals surface area contributed by atoms with Crippen LogP contribution in [-0.4, -0.2) is 38.3 Å². The van der Waals surface area contributed by atoms with Crippen molar-refractivity contribution in [3.8, 4) is 0 Å². The predicted octanol–water partition coefficient (Wildman–Crippen LogP) is 1.77. The van der Waals surface area contributed by atoms with Gasteiger partial charge in [-0.2, -0.15) is 0 Å². The normalized spacial score (nSPS) is 16.2. The molecule has 1 aromatic rings. The molecule has 21 heavy (non-hydrogen) atoms. The Hall–Kier alpha value is -1.30. The molecule has 1 fully saturated rings. The lowest BCUT2D eigenvalue weighted by Gasteiger charge is -2.34. The summed E-state index contributed by atoms with van der Waals surface area (Å²) in [4.78, 5) is 13.7. The SMILES string of the molecule is NCCCOC1CCN(c2ccc(Cl)cc2C(N)=O)CC1. The number of halogens is 1. The minimum Gasteiger partial charge on any atom is -0.378 e. The summed E-state index contributed by atoms with van der Waals surface area (Å²) in [6.07, 6.45) is 3.04. The van der Waals surface area contributed by atoms with Gasteiger partial charge in [-0.05, 0) is 44.0 Å². The zero-order valence-electron chi connectivity index (χ0n) is 12.1. The number of hydrogen-bond donors (Lipinski definition) is 2. The van der Waals surface area contributed by atoms with Crippen LogP contribution in [0, 0.1) is 0 Å². The molecule has 1 heterocycles. The van der Waals surface area contributed by atoms with Gasteiger partial charge in [0, 0.05) is 30.4 Å². The first-order valence-electron chi connectivity index (χ1n) is 7.27. The van der Waals surface area contributed by atoms with Crippen LogP contribution < -0.4 is 16.4 Å². The largest absolute Gasteiger partial charge is 0.378 e. The van der Waals surface area contributed by atoms with E-state index < -0.39 is 5.91 Å². The zero-order chi connectivity index (χ0) is 15.2. The maximum absolute atomic E-state index is 11.6. The lowest BCUT2D eigenvalue weighted by atomic mass is 10.0. The van der Waals surface area contributed by atoms with Gasteiger partial charge in [0.15, 0.2) is 0 Å². The molecule has 0 bridgehead atoms. The van der Waals surface area contributed by atoms with Crippen molar-refractivity contribution >= 4 is 23.2 Å². The number of amides is 1. The van der Waals surface area contributed by atoms with Crippen LogP contribution in [0.4, 0.5) is 5.69 Å². The number of nitrogens with zero attached hydrogens (tertiary/aromatic N) is 1. The highest BCUT2D eigenvalue weighted by molar-refractivity contribution is 6.31. The average Bonchev–Trinajstić information content (AvgIpc) is 2.48. The molecule has 0 aromatic heterocycles. The molecule has 0 spiro atoms. The van der Waals surface area contributed by atoms with Gasteiger partial charge in [-0.15, -0.1) is 0 Å². The smallest absolute Gasteiger partial charge is 0.250 e. The Morgan fingerprint density at radius 3 is 2.71 bits per heavy atom. The molecular weight excluding hydrogens is 290 g/mol. The van der Waals surface area contributed by atoms with E-state index >= 15 is 0 Å². The van der Waals surface area contributed by atoms with Crippen molar-refractivity contribution in [1.82, 2.24) is 0 Å². The van der Waals surface area contributed by atoms with Crippen molar-refractivity contribution in [1.29, 1.82) is 0 Å². The first-order valence-corrected chi connectivity index (χ1v) is 7.65. The van der Waals surface area contributed by atoms with Crippen molar-refractivity contribution in [3.05, 3.63) is 28.8 Å². The number of primary amides is 1. The first-order chi connectivity index (χ1) is 10.1. The zero-order valence-corrected chi connectivity index (χ0v) is 12.8. The van der Waals surface area contributed by atoms with Crippen LogP contribution in [0.15, 0.2) is 18.2 Å². The molecule has 1 aromatic carbocycles. The van der Waals surface area contributed by atoms with Crippen LogP contribution in [0.1, 0.15) is 29.6 Å².